The van der Waals surface area contributed by atoms with Crippen LogP contribution in [-0.2, 0) is 27.2 Å². The normalized spacial score (nSPS) is 15.4. The summed E-state index contributed by atoms with van der Waals surface area (Å²) in [6, 6.07) is 17.4. The molecule has 1 heterocycles. The number of benzene rings is 2. The van der Waals surface area contributed by atoms with Gasteiger partial charge in [-0.2, -0.15) is 0 Å². The van der Waals surface area contributed by atoms with Crippen LogP contribution in [0.25, 0.3) is 0 Å². The minimum absolute atomic E-state index is 0.198. The fourth-order valence-electron chi connectivity index (χ4n) is 2.98. The monoisotopic (exact) mass is 382 g/mol. The molecule has 148 valence electrons. The van der Waals surface area contributed by atoms with E-state index in [1.54, 1.807) is 0 Å². The quantitative estimate of drug-likeness (QED) is 0.729. The lowest BCUT2D eigenvalue weighted by Gasteiger charge is -2.24. The molecule has 0 bridgehead atoms. The molecule has 1 aliphatic rings. The molecule has 0 radical (unpaired) electrons. The van der Waals surface area contributed by atoms with E-state index in [0.29, 0.717) is 6.04 Å². The van der Waals surface area contributed by atoms with E-state index < -0.39 is 18.4 Å². The van der Waals surface area contributed by atoms with Crippen molar-refractivity contribution in [3.63, 3.8) is 0 Å². The molecule has 0 saturated carbocycles. The van der Waals surface area contributed by atoms with Crippen LogP contribution in [0.4, 0.5) is 4.79 Å². The van der Waals surface area contributed by atoms with Crippen molar-refractivity contribution in [2.45, 2.75) is 38.3 Å². The second-order valence-electron chi connectivity index (χ2n) is 6.74. The van der Waals surface area contributed by atoms with Gasteiger partial charge in [-0.1, -0.05) is 54.6 Å². The van der Waals surface area contributed by atoms with Crippen molar-refractivity contribution in [3.8, 4) is 0 Å². The SMILES string of the molecule is CNC(C)Cc1cccc(C(NC(=O)OCc2ccccc2)C2OC=CO2)c1. The molecule has 28 heavy (non-hydrogen) atoms. The lowest BCUT2D eigenvalue weighted by molar-refractivity contribution is -0.0507. The van der Waals surface area contributed by atoms with Gasteiger partial charge >= 0.3 is 6.09 Å². The summed E-state index contributed by atoms with van der Waals surface area (Å²) in [5.74, 6) is 0. The molecule has 3 rings (SSSR count). The first-order valence-corrected chi connectivity index (χ1v) is 9.35. The molecular formula is C22H26N2O4. The molecule has 1 aliphatic heterocycles. The number of likely N-dealkylation sites (N-methyl/N-ethyl adjacent to an activating group) is 1. The summed E-state index contributed by atoms with van der Waals surface area (Å²) in [5.41, 5.74) is 2.98. The zero-order chi connectivity index (χ0) is 19.8. The van der Waals surface area contributed by atoms with E-state index in [0.717, 1.165) is 23.1 Å². The molecule has 6 nitrogen and oxygen atoms in total. The van der Waals surface area contributed by atoms with Gasteiger partial charge in [-0.3, -0.25) is 0 Å². The van der Waals surface area contributed by atoms with Gasteiger partial charge in [0, 0.05) is 6.04 Å². The van der Waals surface area contributed by atoms with Crippen molar-refractivity contribution >= 4 is 6.09 Å². The Morgan fingerprint density at radius 3 is 2.50 bits per heavy atom. The van der Waals surface area contributed by atoms with Crippen LogP contribution < -0.4 is 10.6 Å². The van der Waals surface area contributed by atoms with Crippen LogP contribution in [0.1, 0.15) is 29.7 Å². The fourth-order valence-corrected chi connectivity index (χ4v) is 2.98. The Bertz CT molecular complexity index is 786. The van der Waals surface area contributed by atoms with Crippen LogP contribution in [-0.4, -0.2) is 25.5 Å². The van der Waals surface area contributed by atoms with Gasteiger partial charge in [0.15, 0.2) is 0 Å². The molecule has 2 unspecified atom stereocenters. The number of carbonyl (C=O) groups is 1. The third kappa shape index (κ3) is 5.50. The number of alkyl carbamates (subject to hydrolysis) is 1. The first kappa shape index (κ1) is 19.8. The van der Waals surface area contributed by atoms with E-state index in [1.807, 2.05) is 49.5 Å². The van der Waals surface area contributed by atoms with E-state index in [9.17, 15) is 4.79 Å². The predicted octanol–water partition coefficient (Wildman–Crippen LogP) is 3.65. The lowest BCUT2D eigenvalue weighted by Crippen LogP contribution is -2.37. The maximum absolute atomic E-state index is 12.4. The standard InChI is InChI=1S/C22H26N2O4/c1-16(23-2)13-18-9-6-10-19(14-18)20(21-26-11-12-27-21)24-22(25)28-15-17-7-4-3-5-8-17/h3-12,14,16,20-21,23H,13,15H2,1-2H3,(H,24,25). The maximum atomic E-state index is 12.4. The van der Waals surface area contributed by atoms with Crippen molar-refractivity contribution in [2.75, 3.05) is 7.05 Å². The number of hydrogen-bond donors (Lipinski definition) is 2. The summed E-state index contributed by atoms with van der Waals surface area (Å²) in [5, 5.41) is 6.11. The van der Waals surface area contributed by atoms with Crippen molar-refractivity contribution < 1.29 is 19.0 Å². The van der Waals surface area contributed by atoms with Gasteiger partial charge in [0.05, 0.1) is 0 Å². The number of carbonyl (C=O) groups excluding carboxylic acids is 1. The summed E-state index contributed by atoms with van der Waals surface area (Å²) in [6.07, 6.45) is 2.66. The summed E-state index contributed by atoms with van der Waals surface area (Å²) < 4.78 is 16.3. The third-order valence-corrected chi connectivity index (χ3v) is 4.58. The van der Waals surface area contributed by atoms with Crippen LogP contribution in [0.3, 0.4) is 0 Å². The third-order valence-electron chi connectivity index (χ3n) is 4.58. The number of rotatable bonds is 8. The number of nitrogens with one attached hydrogen (secondary N) is 2. The lowest BCUT2D eigenvalue weighted by atomic mass is 10.00. The van der Waals surface area contributed by atoms with Crippen molar-refractivity contribution in [3.05, 3.63) is 83.8 Å². The predicted molar refractivity (Wildman–Crippen MR) is 106 cm³/mol. The summed E-state index contributed by atoms with van der Waals surface area (Å²) >= 11 is 0. The topological polar surface area (TPSA) is 68.8 Å². The van der Waals surface area contributed by atoms with Crippen molar-refractivity contribution in [1.29, 1.82) is 0 Å². The van der Waals surface area contributed by atoms with E-state index in [1.165, 1.54) is 12.5 Å². The summed E-state index contributed by atoms with van der Waals surface area (Å²) in [7, 11) is 1.94. The maximum Gasteiger partial charge on any atom is 0.408 e. The number of amides is 1. The zero-order valence-electron chi connectivity index (χ0n) is 16.1. The summed E-state index contributed by atoms with van der Waals surface area (Å²) in [6.45, 7) is 2.32. The molecule has 0 aromatic heterocycles. The van der Waals surface area contributed by atoms with Gasteiger partial charge in [0.2, 0.25) is 0 Å². The highest BCUT2D eigenvalue weighted by Crippen LogP contribution is 2.25. The second-order valence-corrected chi connectivity index (χ2v) is 6.74. The van der Waals surface area contributed by atoms with E-state index in [4.69, 9.17) is 14.2 Å². The molecule has 2 N–H and O–H groups in total. The largest absolute Gasteiger partial charge is 0.457 e. The van der Waals surface area contributed by atoms with Gasteiger partial charge in [-0.15, -0.1) is 0 Å². The van der Waals surface area contributed by atoms with Gasteiger partial charge < -0.3 is 24.8 Å². The molecule has 0 saturated heterocycles. The van der Waals surface area contributed by atoms with Crippen LogP contribution in [0.2, 0.25) is 0 Å². The fraction of sp³-hybridized carbons (Fsp3) is 0.318. The molecule has 1 amide bonds. The van der Waals surface area contributed by atoms with Gasteiger partial charge in [-0.25, -0.2) is 4.79 Å². The Kier molecular flexibility index (Phi) is 6.92. The molecule has 0 aliphatic carbocycles. The van der Waals surface area contributed by atoms with E-state index in [2.05, 4.69) is 29.7 Å². The highest BCUT2D eigenvalue weighted by Gasteiger charge is 2.30. The smallest absolute Gasteiger partial charge is 0.408 e. The van der Waals surface area contributed by atoms with Crippen molar-refractivity contribution in [2.24, 2.45) is 0 Å². The minimum atomic E-state index is -0.638. The second kappa shape index (κ2) is 9.80. The molecule has 2 aromatic carbocycles. The first-order valence-electron chi connectivity index (χ1n) is 9.35. The van der Waals surface area contributed by atoms with Crippen LogP contribution in [0, 0.1) is 0 Å². The Hall–Kier alpha value is -2.99. The number of hydrogen-bond acceptors (Lipinski definition) is 5. The van der Waals surface area contributed by atoms with E-state index in [-0.39, 0.29) is 6.61 Å². The minimum Gasteiger partial charge on any atom is -0.457 e. The van der Waals surface area contributed by atoms with E-state index >= 15 is 0 Å². The van der Waals surface area contributed by atoms with Crippen molar-refractivity contribution in [1.82, 2.24) is 10.6 Å². The molecule has 0 spiro atoms. The summed E-state index contributed by atoms with van der Waals surface area (Å²) in [4.78, 5) is 12.4. The Labute approximate surface area is 165 Å². The molecular weight excluding hydrogens is 356 g/mol. The highest BCUT2D eigenvalue weighted by atomic mass is 16.7. The van der Waals surface area contributed by atoms with Gasteiger partial charge in [-0.05, 0) is 37.1 Å². The molecule has 2 atom stereocenters. The highest BCUT2D eigenvalue weighted by molar-refractivity contribution is 5.68. The number of ether oxygens (including phenoxy) is 3. The average Bonchev–Trinajstić information content (AvgIpc) is 3.26. The zero-order valence-corrected chi connectivity index (χ0v) is 16.1. The Morgan fingerprint density at radius 1 is 1.07 bits per heavy atom. The van der Waals surface area contributed by atoms with Crippen LogP contribution in [0.15, 0.2) is 67.1 Å². The first-order chi connectivity index (χ1) is 13.7. The molecule has 2 aromatic rings. The average molecular weight is 382 g/mol. The Balaban J connectivity index is 1.69. The van der Waals surface area contributed by atoms with Crippen LogP contribution in [0.5, 0.6) is 0 Å². The van der Waals surface area contributed by atoms with Crippen LogP contribution >= 0.6 is 0 Å². The van der Waals surface area contributed by atoms with Gasteiger partial charge in [0.1, 0.15) is 25.2 Å². The Morgan fingerprint density at radius 2 is 1.79 bits per heavy atom. The van der Waals surface area contributed by atoms with Gasteiger partial charge in [0.25, 0.3) is 6.29 Å². The molecule has 0 fully saturated rings. The molecule has 6 heteroatoms.